The Morgan fingerprint density at radius 1 is 1.56 bits per heavy atom. The first-order valence-corrected chi connectivity index (χ1v) is 6.61. The topological polar surface area (TPSA) is 34.1 Å². The molecule has 0 aliphatic rings. The largest absolute Gasteiger partial charge is 0.382 e. The summed E-state index contributed by atoms with van der Waals surface area (Å²) in [4.78, 5) is 4.60. The van der Waals surface area contributed by atoms with Crippen LogP contribution in [-0.4, -0.2) is 24.7 Å². The van der Waals surface area contributed by atoms with Crippen molar-refractivity contribution in [2.45, 2.75) is 45.7 Å². The first-order valence-electron chi connectivity index (χ1n) is 5.73. The van der Waals surface area contributed by atoms with E-state index in [0.29, 0.717) is 12.6 Å². The van der Waals surface area contributed by atoms with Crippen LogP contribution in [0.25, 0.3) is 0 Å². The third-order valence-corrected chi connectivity index (χ3v) is 3.75. The van der Waals surface area contributed by atoms with Crippen LogP contribution in [-0.2, 0) is 10.3 Å². The van der Waals surface area contributed by atoms with Gasteiger partial charge in [0.25, 0.3) is 0 Å². The first kappa shape index (κ1) is 13.6. The van der Waals surface area contributed by atoms with E-state index in [1.54, 1.807) is 18.4 Å². The van der Waals surface area contributed by atoms with Crippen LogP contribution in [0.4, 0.5) is 0 Å². The third kappa shape index (κ3) is 3.03. The third-order valence-electron chi connectivity index (χ3n) is 2.59. The van der Waals surface area contributed by atoms with Crippen molar-refractivity contribution in [3.05, 3.63) is 16.1 Å². The van der Waals surface area contributed by atoms with Gasteiger partial charge in [-0.25, -0.2) is 4.98 Å². The predicted octanol–water partition coefficient (Wildman–Crippen LogP) is 2.70. The van der Waals surface area contributed by atoms with Gasteiger partial charge in [0.1, 0.15) is 5.01 Å². The molecule has 3 nitrogen and oxygen atoms in total. The lowest BCUT2D eigenvalue weighted by Crippen LogP contribution is -2.48. The zero-order valence-electron chi connectivity index (χ0n) is 10.8. The molecule has 4 heteroatoms. The van der Waals surface area contributed by atoms with Crippen LogP contribution in [0.2, 0.25) is 0 Å². The van der Waals surface area contributed by atoms with Crippen LogP contribution < -0.4 is 5.32 Å². The van der Waals surface area contributed by atoms with Crippen LogP contribution in [0.5, 0.6) is 0 Å². The summed E-state index contributed by atoms with van der Waals surface area (Å²) in [5, 5.41) is 6.82. The van der Waals surface area contributed by atoms with E-state index < -0.39 is 0 Å². The molecule has 0 aliphatic carbocycles. The summed E-state index contributed by atoms with van der Waals surface area (Å²) in [6.07, 6.45) is 0.978. The minimum Gasteiger partial charge on any atom is -0.382 e. The normalized spacial score (nSPS) is 15.4. The van der Waals surface area contributed by atoms with E-state index in [2.05, 4.69) is 36.5 Å². The molecule has 1 rings (SSSR count). The van der Waals surface area contributed by atoms with Crippen LogP contribution in [0.1, 0.15) is 37.9 Å². The Bertz CT molecular complexity index is 325. The van der Waals surface area contributed by atoms with Gasteiger partial charge in [0.2, 0.25) is 0 Å². The fraction of sp³-hybridized carbons (Fsp3) is 0.750. The number of hydrogen-bond donors (Lipinski definition) is 1. The predicted molar refractivity (Wildman–Crippen MR) is 69.0 cm³/mol. The van der Waals surface area contributed by atoms with E-state index in [9.17, 15) is 0 Å². The van der Waals surface area contributed by atoms with Crippen molar-refractivity contribution in [1.29, 1.82) is 0 Å². The highest BCUT2D eigenvalue weighted by Gasteiger charge is 2.33. The summed E-state index contributed by atoms with van der Waals surface area (Å²) in [5.74, 6) is 0. The highest BCUT2D eigenvalue weighted by molar-refractivity contribution is 7.09. The van der Waals surface area contributed by atoms with Gasteiger partial charge in [-0.15, -0.1) is 11.3 Å². The summed E-state index contributed by atoms with van der Waals surface area (Å²) in [5.41, 5.74) is 0.946. The van der Waals surface area contributed by atoms with E-state index >= 15 is 0 Å². The standard InChI is InChI=1S/C12H22N2OS/c1-6-12(8-15-5,14-9(2)3)11-13-10(4)7-16-11/h7,9,14H,6,8H2,1-5H3. The number of aryl methyl sites for hydroxylation is 1. The second-order valence-corrected chi connectivity index (χ2v) is 5.32. The van der Waals surface area contributed by atoms with Gasteiger partial charge in [-0.2, -0.15) is 0 Å². The van der Waals surface area contributed by atoms with Crippen LogP contribution in [0.15, 0.2) is 5.38 Å². The monoisotopic (exact) mass is 242 g/mol. The molecule has 1 N–H and O–H groups in total. The van der Waals surface area contributed by atoms with Crippen molar-refractivity contribution < 1.29 is 4.74 Å². The van der Waals surface area contributed by atoms with Gasteiger partial charge in [-0.1, -0.05) is 6.92 Å². The average Bonchev–Trinajstić information content (AvgIpc) is 2.64. The lowest BCUT2D eigenvalue weighted by atomic mass is 9.97. The molecule has 1 heterocycles. The molecule has 92 valence electrons. The molecule has 16 heavy (non-hydrogen) atoms. The zero-order chi connectivity index (χ0) is 12.2. The number of thiazole rings is 1. The lowest BCUT2D eigenvalue weighted by Gasteiger charge is -2.33. The molecule has 0 bridgehead atoms. The molecule has 1 aromatic rings. The van der Waals surface area contributed by atoms with Gasteiger partial charge in [-0.3, -0.25) is 0 Å². The highest BCUT2D eigenvalue weighted by atomic mass is 32.1. The molecular weight excluding hydrogens is 220 g/mol. The van der Waals surface area contributed by atoms with Gasteiger partial charge < -0.3 is 10.1 Å². The number of ether oxygens (including phenoxy) is 1. The molecular formula is C12H22N2OS. The fourth-order valence-electron chi connectivity index (χ4n) is 1.89. The molecule has 0 aliphatic heterocycles. The molecule has 1 atom stereocenters. The van der Waals surface area contributed by atoms with E-state index in [1.165, 1.54) is 0 Å². The highest BCUT2D eigenvalue weighted by Crippen LogP contribution is 2.29. The molecule has 0 fully saturated rings. The fourth-order valence-corrected chi connectivity index (χ4v) is 2.91. The van der Waals surface area contributed by atoms with Crippen LogP contribution in [0, 0.1) is 6.92 Å². The molecule has 0 spiro atoms. The van der Waals surface area contributed by atoms with E-state index in [-0.39, 0.29) is 5.54 Å². The molecule has 0 radical (unpaired) electrons. The van der Waals surface area contributed by atoms with Crippen molar-refractivity contribution in [3.8, 4) is 0 Å². The second-order valence-electron chi connectivity index (χ2n) is 4.46. The van der Waals surface area contributed by atoms with Crippen LogP contribution >= 0.6 is 11.3 Å². The summed E-state index contributed by atoms with van der Waals surface area (Å²) >= 11 is 1.71. The van der Waals surface area contributed by atoms with E-state index in [1.807, 2.05) is 6.92 Å². The minimum absolute atomic E-state index is 0.137. The Hall–Kier alpha value is -0.450. The Kier molecular flexibility index (Phi) is 4.89. The molecule has 0 aromatic carbocycles. The number of aromatic nitrogens is 1. The number of methoxy groups -OCH3 is 1. The Morgan fingerprint density at radius 2 is 2.25 bits per heavy atom. The van der Waals surface area contributed by atoms with Gasteiger partial charge >= 0.3 is 0 Å². The minimum atomic E-state index is -0.137. The number of nitrogens with zero attached hydrogens (tertiary/aromatic N) is 1. The number of rotatable bonds is 6. The Morgan fingerprint density at radius 3 is 2.62 bits per heavy atom. The Balaban J connectivity index is 3.00. The lowest BCUT2D eigenvalue weighted by molar-refractivity contribution is 0.0981. The molecule has 1 unspecified atom stereocenters. The number of nitrogens with one attached hydrogen (secondary N) is 1. The van der Waals surface area contributed by atoms with Crippen molar-refractivity contribution >= 4 is 11.3 Å². The summed E-state index contributed by atoms with van der Waals surface area (Å²) in [7, 11) is 1.74. The Labute approximate surface area is 102 Å². The number of hydrogen-bond acceptors (Lipinski definition) is 4. The van der Waals surface area contributed by atoms with Crippen molar-refractivity contribution in [2.24, 2.45) is 0 Å². The van der Waals surface area contributed by atoms with Gasteiger partial charge in [0, 0.05) is 24.2 Å². The quantitative estimate of drug-likeness (QED) is 0.833. The van der Waals surface area contributed by atoms with Crippen LogP contribution in [0.3, 0.4) is 0 Å². The molecule has 0 saturated carbocycles. The summed E-state index contributed by atoms with van der Waals surface area (Å²) in [6.45, 7) is 9.17. The maximum Gasteiger partial charge on any atom is 0.115 e. The van der Waals surface area contributed by atoms with Gasteiger partial charge in [0.05, 0.1) is 12.1 Å². The zero-order valence-corrected chi connectivity index (χ0v) is 11.6. The smallest absolute Gasteiger partial charge is 0.115 e. The van der Waals surface area contributed by atoms with Crippen molar-refractivity contribution in [1.82, 2.24) is 10.3 Å². The van der Waals surface area contributed by atoms with Crippen molar-refractivity contribution in [3.63, 3.8) is 0 Å². The van der Waals surface area contributed by atoms with Crippen molar-refractivity contribution in [2.75, 3.05) is 13.7 Å². The molecule has 1 aromatic heterocycles. The van der Waals surface area contributed by atoms with Gasteiger partial charge in [-0.05, 0) is 27.2 Å². The molecule has 0 saturated heterocycles. The summed E-state index contributed by atoms with van der Waals surface area (Å²) in [6, 6.07) is 0.416. The second kappa shape index (κ2) is 5.75. The molecule has 0 amide bonds. The first-order chi connectivity index (χ1) is 7.54. The SMILES string of the molecule is CCC(COC)(NC(C)C)c1nc(C)cs1. The maximum absolute atomic E-state index is 5.37. The maximum atomic E-state index is 5.37. The van der Waals surface area contributed by atoms with E-state index in [0.717, 1.165) is 17.1 Å². The van der Waals surface area contributed by atoms with E-state index in [4.69, 9.17) is 4.74 Å². The van der Waals surface area contributed by atoms with Gasteiger partial charge in [0.15, 0.2) is 0 Å². The summed E-state index contributed by atoms with van der Waals surface area (Å²) < 4.78 is 5.37. The average molecular weight is 242 g/mol.